The third-order valence-electron chi connectivity index (χ3n) is 3.65. The summed E-state index contributed by atoms with van der Waals surface area (Å²) in [5, 5.41) is 3.38. The lowest BCUT2D eigenvalue weighted by atomic mass is 10.1. The summed E-state index contributed by atoms with van der Waals surface area (Å²) >= 11 is 0. The predicted octanol–water partition coefficient (Wildman–Crippen LogP) is 1.73. The standard InChI is InChI=1S/C16H18N4O/c1-11-6-7-13(15(17)21)16(19-11)20-9-8-18-10-12-4-2-3-5-14(12)20/h2-7,18H,8-10H2,1H3,(H2,17,21). The van der Waals surface area contributed by atoms with Gasteiger partial charge in [0.15, 0.2) is 0 Å². The van der Waals surface area contributed by atoms with Crippen molar-refractivity contribution in [3.63, 3.8) is 0 Å². The Labute approximate surface area is 123 Å². The molecule has 2 heterocycles. The number of nitrogens with two attached hydrogens (primary N) is 1. The SMILES string of the molecule is Cc1ccc(C(N)=O)c(N2CCNCc3ccccc32)n1. The molecule has 3 N–H and O–H groups in total. The monoisotopic (exact) mass is 282 g/mol. The van der Waals surface area contributed by atoms with E-state index in [-0.39, 0.29) is 0 Å². The average Bonchev–Trinajstić information content (AvgIpc) is 2.69. The topological polar surface area (TPSA) is 71.2 Å². The fourth-order valence-electron chi connectivity index (χ4n) is 2.62. The van der Waals surface area contributed by atoms with Crippen LogP contribution in [-0.4, -0.2) is 24.0 Å². The molecule has 0 bridgehead atoms. The number of carbonyl (C=O) groups excluding carboxylic acids is 1. The van der Waals surface area contributed by atoms with Gasteiger partial charge < -0.3 is 16.0 Å². The first-order valence-electron chi connectivity index (χ1n) is 7.00. The van der Waals surface area contributed by atoms with Crippen molar-refractivity contribution in [1.29, 1.82) is 0 Å². The number of primary amides is 1. The van der Waals surface area contributed by atoms with Crippen molar-refractivity contribution in [1.82, 2.24) is 10.3 Å². The van der Waals surface area contributed by atoms with Crippen molar-refractivity contribution >= 4 is 17.4 Å². The van der Waals surface area contributed by atoms with E-state index < -0.39 is 5.91 Å². The Bertz CT molecular complexity index is 684. The van der Waals surface area contributed by atoms with Gasteiger partial charge in [-0.2, -0.15) is 0 Å². The molecule has 21 heavy (non-hydrogen) atoms. The highest BCUT2D eigenvalue weighted by Gasteiger charge is 2.21. The van der Waals surface area contributed by atoms with Crippen molar-refractivity contribution in [3.8, 4) is 0 Å². The number of hydrogen-bond donors (Lipinski definition) is 2. The third kappa shape index (κ3) is 2.60. The molecule has 108 valence electrons. The first kappa shape index (κ1) is 13.6. The molecular weight excluding hydrogens is 264 g/mol. The Morgan fingerprint density at radius 1 is 1.29 bits per heavy atom. The Hall–Kier alpha value is -2.40. The van der Waals surface area contributed by atoms with Crippen LogP contribution in [0.4, 0.5) is 11.5 Å². The number of nitrogens with zero attached hydrogens (tertiary/aromatic N) is 2. The van der Waals surface area contributed by atoms with Crippen LogP contribution in [0.2, 0.25) is 0 Å². The molecule has 1 aliphatic rings. The summed E-state index contributed by atoms with van der Waals surface area (Å²) in [5.74, 6) is 0.186. The maximum absolute atomic E-state index is 11.7. The van der Waals surface area contributed by atoms with Gasteiger partial charge >= 0.3 is 0 Å². The Balaban J connectivity index is 2.16. The van der Waals surface area contributed by atoms with E-state index in [1.54, 1.807) is 6.07 Å². The summed E-state index contributed by atoms with van der Waals surface area (Å²) in [4.78, 5) is 18.3. The van der Waals surface area contributed by atoms with E-state index in [9.17, 15) is 4.79 Å². The van der Waals surface area contributed by atoms with Crippen molar-refractivity contribution in [2.24, 2.45) is 5.73 Å². The molecule has 0 unspecified atom stereocenters. The number of pyridine rings is 1. The molecule has 0 radical (unpaired) electrons. The second kappa shape index (κ2) is 5.54. The molecule has 2 aromatic rings. The first-order valence-corrected chi connectivity index (χ1v) is 7.00. The number of carbonyl (C=O) groups is 1. The lowest BCUT2D eigenvalue weighted by Gasteiger charge is -2.25. The van der Waals surface area contributed by atoms with Crippen molar-refractivity contribution in [2.75, 3.05) is 18.0 Å². The number of aromatic nitrogens is 1. The van der Waals surface area contributed by atoms with Gasteiger partial charge in [-0.15, -0.1) is 0 Å². The summed E-state index contributed by atoms with van der Waals surface area (Å²) in [6.45, 7) is 4.29. The Morgan fingerprint density at radius 2 is 2.10 bits per heavy atom. The Kier molecular flexibility index (Phi) is 3.58. The van der Waals surface area contributed by atoms with E-state index in [4.69, 9.17) is 5.73 Å². The van der Waals surface area contributed by atoms with E-state index >= 15 is 0 Å². The summed E-state index contributed by atoms with van der Waals surface area (Å²) in [5.41, 5.74) is 9.09. The second-order valence-corrected chi connectivity index (χ2v) is 5.15. The molecule has 5 heteroatoms. The quantitative estimate of drug-likeness (QED) is 0.880. The van der Waals surface area contributed by atoms with Gasteiger partial charge in [0.05, 0.1) is 5.56 Å². The van der Waals surface area contributed by atoms with Crippen molar-refractivity contribution in [2.45, 2.75) is 13.5 Å². The van der Waals surface area contributed by atoms with Gasteiger partial charge in [0.25, 0.3) is 5.91 Å². The van der Waals surface area contributed by atoms with Crippen LogP contribution in [0.25, 0.3) is 0 Å². The molecule has 0 aliphatic carbocycles. The van der Waals surface area contributed by atoms with E-state index in [0.717, 1.165) is 31.0 Å². The number of rotatable bonds is 2. The van der Waals surface area contributed by atoms with E-state index in [1.807, 2.05) is 25.1 Å². The third-order valence-corrected chi connectivity index (χ3v) is 3.65. The van der Waals surface area contributed by atoms with Crippen LogP contribution >= 0.6 is 0 Å². The number of anilines is 2. The molecule has 0 saturated carbocycles. The molecule has 0 saturated heterocycles. The maximum atomic E-state index is 11.7. The van der Waals surface area contributed by atoms with Crippen LogP contribution in [0.15, 0.2) is 36.4 Å². The zero-order chi connectivity index (χ0) is 14.8. The summed E-state index contributed by atoms with van der Waals surface area (Å²) in [6.07, 6.45) is 0. The molecule has 0 spiro atoms. The van der Waals surface area contributed by atoms with Crippen LogP contribution in [0.3, 0.4) is 0 Å². The number of nitrogens with one attached hydrogen (secondary N) is 1. The molecular formula is C16H18N4O. The largest absolute Gasteiger partial charge is 0.365 e. The van der Waals surface area contributed by atoms with Gasteiger partial charge in [-0.1, -0.05) is 18.2 Å². The number of aryl methyl sites for hydroxylation is 1. The predicted molar refractivity (Wildman–Crippen MR) is 82.6 cm³/mol. The number of amides is 1. The van der Waals surface area contributed by atoms with Crippen molar-refractivity contribution < 1.29 is 4.79 Å². The molecule has 1 aromatic carbocycles. The lowest BCUT2D eigenvalue weighted by Crippen LogP contribution is -2.28. The van der Waals surface area contributed by atoms with Gasteiger partial charge in [0.2, 0.25) is 0 Å². The fourth-order valence-corrected chi connectivity index (χ4v) is 2.62. The van der Waals surface area contributed by atoms with Gasteiger partial charge in [-0.3, -0.25) is 4.79 Å². The molecule has 3 rings (SSSR count). The highest BCUT2D eigenvalue weighted by molar-refractivity contribution is 5.98. The zero-order valence-electron chi connectivity index (χ0n) is 12.0. The molecule has 1 aliphatic heterocycles. The minimum atomic E-state index is -0.452. The first-order chi connectivity index (χ1) is 10.2. The lowest BCUT2D eigenvalue weighted by molar-refractivity contribution is 0.100. The molecule has 5 nitrogen and oxygen atoms in total. The van der Waals surface area contributed by atoms with Crippen LogP contribution in [-0.2, 0) is 6.54 Å². The smallest absolute Gasteiger partial charge is 0.252 e. The van der Waals surface area contributed by atoms with Gasteiger partial charge in [0.1, 0.15) is 5.82 Å². The Morgan fingerprint density at radius 3 is 2.90 bits per heavy atom. The number of para-hydroxylation sites is 1. The van der Waals surface area contributed by atoms with E-state index in [0.29, 0.717) is 11.4 Å². The highest BCUT2D eigenvalue weighted by Crippen LogP contribution is 2.30. The van der Waals surface area contributed by atoms with Crippen molar-refractivity contribution in [3.05, 3.63) is 53.2 Å². The molecule has 1 aromatic heterocycles. The van der Waals surface area contributed by atoms with Crippen LogP contribution in [0, 0.1) is 6.92 Å². The van der Waals surface area contributed by atoms with Crippen LogP contribution < -0.4 is 16.0 Å². The van der Waals surface area contributed by atoms with Crippen LogP contribution in [0.5, 0.6) is 0 Å². The van der Waals surface area contributed by atoms with Gasteiger partial charge in [0, 0.05) is 31.0 Å². The number of hydrogen-bond acceptors (Lipinski definition) is 4. The summed E-state index contributed by atoms with van der Waals surface area (Å²) in [7, 11) is 0. The average molecular weight is 282 g/mol. The highest BCUT2D eigenvalue weighted by atomic mass is 16.1. The molecule has 0 fully saturated rings. The van der Waals surface area contributed by atoms with Gasteiger partial charge in [-0.05, 0) is 30.7 Å². The molecule has 0 atom stereocenters. The minimum Gasteiger partial charge on any atom is -0.365 e. The zero-order valence-corrected chi connectivity index (χ0v) is 12.0. The second-order valence-electron chi connectivity index (χ2n) is 5.15. The molecule has 1 amide bonds. The number of fused-ring (bicyclic) bond motifs is 1. The maximum Gasteiger partial charge on any atom is 0.252 e. The summed E-state index contributed by atoms with van der Waals surface area (Å²) in [6, 6.07) is 11.7. The van der Waals surface area contributed by atoms with Gasteiger partial charge in [-0.25, -0.2) is 4.98 Å². The van der Waals surface area contributed by atoms with E-state index in [2.05, 4.69) is 27.3 Å². The van der Waals surface area contributed by atoms with E-state index in [1.165, 1.54) is 5.56 Å². The minimum absolute atomic E-state index is 0.452. The van der Waals surface area contributed by atoms with Crippen LogP contribution in [0.1, 0.15) is 21.6 Å². The summed E-state index contributed by atoms with van der Waals surface area (Å²) < 4.78 is 0. The number of benzene rings is 1. The normalized spacial score (nSPS) is 14.4. The fraction of sp³-hybridized carbons (Fsp3) is 0.250.